The van der Waals surface area contributed by atoms with E-state index in [-0.39, 0.29) is 52.1 Å². The Morgan fingerprint density at radius 2 is 1.27 bits per heavy atom. The van der Waals surface area contributed by atoms with Crippen molar-refractivity contribution >= 4 is 88.8 Å². The third-order valence-corrected chi connectivity index (χ3v) is 21.4. The van der Waals surface area contributed by atoms with Crippen LogP contribution in [0.4, 0.5) is 0 Å². The molecule has 32 nitrogen and oxygen atoms in total. The number of ether oxygens (including phenoxy) is 6. The molecule has 0 spiro atoms. The number of nitrogens with one attached hydrogen (secondary N) is 7. The maximum atomic E-state index is 16.2. The monoisotopic (exact) mass is 1640 g/mol. The number of phenolic OH excluding ortho intramolecular Hbond substituents is 3. The first kappa shape index (κ1) is 83.7. The number of halogens is 3. The summed E-state index contributed by atoms with van der Waals surface area (Å²) >= 11 is 20.5. The molecule has 11 bridgehead atoms. The van der Waals surface area contributed by atoms with Crippen LogP contribution in [0, 0.1) is 11.8 Å². The van der Waals surface area contributed by atoms with Gasteiger partial charge in [-0.15, -0.1) is 0 Å². The smallest absolute Gasteiger partial charge is 0.330 e. The van der Waals surface area contributed by atoms with Gasteiger partial charge in [-0.25, -0.2) is 4.79 Å². The molecule has 2 fully saturated rings. The number of hydrogen-bond donors (Lipinski definition) is 17. The van der Waals surface area contributed by atoms with Crippen LogP contribution in [-0.4, -0.2) is 179 Å². The van der Waals surface area contributed by atoms with Crippen LogP contribution in [0.1, 0.15) is 118 Å². The number of carboxylic acids is 1. The van der Waals surface area contributed by atoms with Gasteiger partial charge in [0.05, 0.1) is 35.2 Å². The molecule has 0 aromatic heterocycles. The minimum atomic E-state index is -2.34. The van der Waals surface area contributed by atoms with E-state index >= 15 is 14.4 Å². The minimum Gasteiger partial charge on any atom is -0.508 e. The predicted molar refractivity (Wildman–Crippen MR) is 412 cm³/mol. The largest absolute Gasteiger partial charge is 0.508 e. The summed E-state index contributed by atoms with van der Waals surface area (Å²) in [5.74, 6) is -16.4. The third kappa shape index (κ3) is 18.3. The number of primary amides is 1. The predicted octanol–water partition coefficient (Wildman–Crippen LogP) is 6.01. The molecule has 2 saturated heterocycles. The van der Waals surface area contributed by atoms with Gasteiger partial charge in [-0.05, 0) is 139 Å². The van der Waals surface area contributed by atoms with Crippen LogP contribution in [-0.2, 0) is 59.1 Å². The molecule has 18 N–H and O–H groups in total. The number of aliphatic hydroxyl groups excluding tert-OH is 5. The van der Waals surface area contributed by atoms with Crippen molar-refractivity contribution in [1.29, 1.82) is 0 Å². The van der Waals surface area contributed by atoms with E-state index in [1.807, 2.05) is 50.2 Å². The molecule has 0 radical (unpaired) electrons. The highest BCUT2D eigenvalue weighted by Crippen LogP contribution is 2.50. The van der Waals surface area contributed by atoms with E-state index < -0.39 is 231 Å². The lowest BCUT2D eigenvalue weighted by Gasteiger charge is -2.48. The lowest BCUT2D eigenvalue weighted by atomic mass is 9.84. The summed E-state index contributed by atoms with van der Waals surface area (Å²) in [4.78, 5) is 122. The Labute approximate surface area is 672 Å². The molecule has 7 heterocycles. The summed E-state index contributed by atoms with van der Waals surface area (Å²) in [6, 6.07) is 15.7. The van der Waals surface area contributed by atoms with Gasteiger partial charge in [0.1, 0.15) is 89.5 Å². The standard InChI is InChI=1S/C80H84Cl3N9O23/c1-33(2)21-34(3)72(102)91-63-65(97)40-14-19-52(47(82)23-40)111-54-25-42-26-55(69(54)115-79-70(68(100)67(99)56(113-79)32-85-6)114-58-30-80(5,71(101)35(4)110-58)86-31-36-7-9-37(10-8-36)38-11-16-43(81)17-12-38)112-53-20-15-41(24-48(53)83)66(98)64-77(107)90-62(78(108)109)46-27-44(93)28-51(95)59(46)45-22-39(13-18-50(45)94)60(74(104)92-64)89-75(105)61(42)88-73(103)49(29-57(84)96)87-76(63)106/h7-20,22-28,33-35,49,56,58,60-68,70-71,79,86,93-95,97-101H,6,21,29-32H2,1-5H3,(H2,84,96)(H,87,106)(H,88,103)(H,89,105)(H,90,107)(H,91,102)(H,92,104)(H,108,109)/t34-,35?,49+,56?,58?,60?,61-,62-,63-,64+,65-,66-,67?,68?,70?,71?,79?,80?/m1/s1. The number of aliphatic hydroxyl groups is 5. The number of phenols is 3. The number of aliphatic carboxylic acids is 1. The van der Waals surface area contributed by atoms with Crippen LogP contribution in [0.3, 0.4) is 0 Å². The molecule has 7 aliphatic heterocycles. The second-order valence-corrected chi connectivity index (χ2v) is 30.7. The van der Waals surface area contributed by atoms with Crippen LogP contribution >= 0.6 is 34.8 Å². The van der Waals surface area contributed by atoms with Crippen molar-refractivity contribution < 1.29 is 113 Å². The number of carboxylic acid groups (broad SMARTS) is 1. The fourth-order valence-corrected chi connectivity index (χ4v) is 15.1. The molecule has 7 aliphatic rings. The quantitative estimate of drug-likeness (QED) is 0.0464. The molecule has 14 rings (SSSR count). The summed E-state index contributed by atoms with van der Waals surface area (Å²) in [6.45, 7) is 12.0. The number of rotatable bonds is 17. The zero-order chi connectivity index (χ0) is 82.9. The number of carbonyl (C=O) groups is 8. The average molecular weight is 1650 g/mol. The summed E-state index contributed by atoms with van der Waals surface area (Å²) in [5, 5.41) is 124. The SMILES string of the molecule is C=NCC1OC(Oc2c3cc4cc2Oc2ccc(cc2Cl)[C@@H](O)[C@@H](NC(=O)[C@H](C)CC(C)C)C(=O)N[C@@H](CC(N)=O)C(=O)N[C@H]4C(=O)NC2C(=O)N[C@H](C(=O)N[C@@H](C(=O)O)c4cc(O)cc(O)c4-c4cc2ccc4O)[C@H](O)c2ccc(c(Cl)c2)O3)C(OC2CC(C)(NCc3ccc(-c4ccc(Cl)cc4)cc3)C(O)C(C)O2)C(O)C1O. The molecule has 115 heavy (non-hydrogen) atoms. The van der Waals surface area contributed by atoms with Gasteiger partial charge in [-0.1, -0.05) is 110 Å². The van der Waals surface area contributed by atoms with Crippen molar-refractivity contribution in [3.63, 3.8) is 0 Å². The van der Waals surface area contributed by atoms with E-state index in [4.69, 9.17) is 69.0 Å². The summed E-state index contributed by atoms with van der Waals surface area (Å²) in [5.41, 5.74) is 4.48. The summed E-state index contributed by atoms with van der Waals surface area (Å²) in [7, 11) is 0. The number of aromatic hydroxyl groups is 3. The van der Waals surface area contributed by atoms with Crippen molar-refractivity contribution in [2.45, 2.75) is 164 Å². The molecular formula is C80H84Cl3N9O23. The Bertz CT molecular complexity index is 4930. The first-order chi connectivity index (χ1) is 54.6. The van der Waals surface area contributed by atoms with Crippen LogP contribution in [0.15, 0.2) is 132 Å². The van der Waals surface area contributed by atoms with Crippen molar-refractivity contribution in [3.8, 4) is 68.2 Å². The summed E-state index contributed by atoms with van der Waals surface area (Å²) in [6.07, 6.45) is -17.8. The number of carbonyl (C=O) groups excluding carboxylic acids is 7. The number of hydrogen-bond acceptors (Lipinski definition) is 24. The van der Waals surface area contributed by atoms with E-state index in [1.54, 1.807) is 32.9 Å². The minimum absolute atomic E-state index is 0.0448. The lowest BCUT2D eigenvalue weighted by molar-refractivity contribution is -0.331. The van der Waals surface area contributed by atoms with Gasteiger partial charge < -0.3 is 117 Å². The van der Waals surface area contributed by atoms with Gasteiger partial charge in [-0.3, -0.25) is 38.6 Å². The van der Waals surface area contributed by atoms with E-state index in [9.17, 15) is 69.9 Å². The molecule has 7 amide bonds. The van der Waals surface area contributed by atoms with Gasteiger partial charge in [0.2, 0.25) is 53.4 Å². The highest BCUT2D eigenvalue weighted by molar-refractivity contribution is 6.32. The van der Waals surface area contributed by atoms with Crippen LogP contribution in [0.2, 0.25) is 15.1 Å². The highest BCUT2D eigenvalue weighted by Gasteiger charge is 2.52. The average Bonchev–Trinajstić information content (AvgIpc) is 0.767. The van der Waals surface area contributed by atoms with E-state index in [1.165, 1.54) is 18.2 Å². The van der Waals surface area contributed by atoms with Gasteiger partial charge >= 0.3 is 5.97 Å². The topological polar surface area (TPSA) is 497 Å². The molecular weight excluding hydrogens is 1560 g/mol. The van der Waals surface area contributed by atoms with E-state index in [2.05, 4.69) is 48.9 Å². The Morgan fingerprint density at radius 1 is 0.670 bits per heavy atom. The van der Waals surface area contributed by atoms with Crippen LogP contribution in [0.5, 0.6) is 46.0 Å². The Kier molecular flexibility index (Phi) is 25.3. The van der Waals surface area contributed by atoms with Crippen molar-refractivity contribution in [3.05, 3.63) is 176 Å². The number of amides is 7. The Hall–Kier alpha value is -10.7. The molecule has 10 unspecified atom stereocenters. The van der Waals surface area contributed by atoms with Crippen molar-refractivity contribution in [1.82, 2.24) is 37.2 Å². The molecule has 18 atom stereocenters. The van der Waals surface area contributed by atoms with Gasteiger partial charge in [0.25, 0.3) is 0 Å². The zero-order valence-electron chi connectivity index (χ0n) is 62.2. The second-order valence-electron chi connectivity index (χ2n) is 29.5. The first-order valence-electron chi connectivity index (χ1n) is 36.5. The number of nitrogens with zero attached hydrogens (tertiary/aromatic N) is 1. The van der Waals surface area contributed by atoms with Gasteiger partial charge in [-0.2, -0.15) is 0 Å². The number of nitrogens with two attached hydrogens (primary N) is 1. The maximum absolute atomic E-state index is 16.2. The van der Waals surface area contributed by atoms with Crippen molar-refractivity contribution in [2.75, 3.05) is 6.54 Å². The Morgan fingerprint density at radius 3 is 1.88 bits per heavy atom. The fraction of sp³-hybridized carbons (Fsp3) is 0.362. The molecule has 0 saturated carbocycles. The fourth-order valence-electron chi connectivity index (χ4n) is 14.6. The van der Waals surface area contributed by atoms with Crippen molar-refractivity contribution in [2.24, 2.45) is 22.6 Å². The molecule has 0 aliphatic carbocycles. The Balaban J connectivity index is 1.04. The van der Waals surface area contributed by atoms with Gasteiger partial charge in [0, 0.05) is 52.2 Å². The van der Waals surface area contributed by atoms with Crippen LogP contribution in [0.25, 0.3) is 22.3 Å². The number of aliphatic imine (C=N–C) groups is 1. The number of benzene rings is 7. The summed E-state index contributed by atoms with van der Waals surface area (Å²) < 4.78 is 39.9. The third-order valence-electron chi connectivity index (χ3n) is 20.6. The van der Waals surface area contributed by atoms with Crippen LogP contribution < -0.4 is 57.2 Å². The zero-order valence-corrected chi connectivity index (χ0v) is 64.4. The molecule has 7 aromatic carbocycles. The highest BCUT2D eigenvalue weighted by atomic mass is 35.5. The second kappa shape index (κ2) is 34.8. The maximum Gasteiger partial charge on any atom is 0.330 e. The van der Waals surface area contributed by atoms with Gasteiger partial charge in [0.15, 0.2) is 29.9 Å². The molecule has 7 aromatic rings. The molecule has 35 heteroatoms. The van der Waals surface area contributed by atoms with E-state index in [0.717, 1.165) is 77.4 Å². The van der Waals surface area contributed by atoms with E-state index in [0.29, 0.717) is 11.4 Å². The number of fused-ring (bicyclic) bond motifs is 15. The normalized spacial score (nSPS) is 27.2. The molecule has 608 valence electrons. The first-order valence-corrected chi connectivity index (χ1v) is 37.6. The lowest BCUT2D eigenvalue weighted by Crippen LogP contribution is -2.65.